The molecule has 21 heavy (non-hydrogen) atoms. The molecule has 6 heteroatoms. The van der Waals surface area contributed by atoms with Crippen molar-refractivity contribution < 1.29 is 14.8 Å². The minimum absolute atomic E-state index is 0.547. The fraction of sp³-hybridized carbons (Fsp3) is 0.600. The van der Waals surface area contributed by atoms with Crippen LogP contribution in [0.2, 0.25) is 0 Å². The zero-order valence-corrected chi connectivity index (χ0v) is 13.1. The van der Waals surface area contributed by atoms with Gasteiger partial charge in [-0.1, -0.05) is 6.07 Å². The number of rotatable bonds is 6. The fourth-order valence-electron chi connectivity index (χ4n) is 3.07. The number of methoxy groups -OCH3 is 1. The highest BCUT2D eigenvalue weighted by molar-refractivity contribution is 6.59. The monoisotopic (exact) mass is 292 g/mol. The molecule has 0 bridgehead atoms. The molecule has 0 aliphatic carbocycles. The maximum absolute atomic E-state index is 9.49. The molecule has 1 aliphatic heterocycles. The van der Waals surface area contributed by atoms with E-state index < -0.39 is 7.12 Å². The summed E-state index contributed by atoms with van der Waals surface area (Å²) in [6.07, 6.45) is 1.23. The first-order valence-corrected chi connectivity index (χ1v) is 7.39. The third kappa shape index (κ3) is 4.44. The van der Waals surface area contributed by atoms with Crippen molar-refractivity contribution in [1.82, 2.24) is 9.80 Å². The molecule has 1 unspecified atom stereocenters. The lowest BCUT2D eigenvalue weighted by Crippen LogP contribution is -2.36. The number of likely N-dealkylation sites (tertiary alicyclic amines) is 1. The number of hydrogen-bond acceptors (Lipinski definition) is 5. The van der Waals surface area contributed by atoms with Crippen molar-refractivity contribution >= 4 is 12.6 Å². The number of benzene rings is 1. The molecule has 0 spiro atoms. The van der Waals surface area contributed by atoms with Crippen LogP contribution in [-0.2, 0) is 6.54 Å². The highest BCUT2D eigenvalue weighted by atomic mass is 16.5. The van der Waals surface area contributed by atoms with Gasteiger partial charge in [0.15, 0.2) is 0 Å². The quantitative estimate of drug-likeness (QED) is 0.709. The standard InChI is InChI=1S/C15H25BN2O3/c1-17-7-6-12(9-17)10-18(2)11-13-8-14(21-3)4-5-15(13)16(19)20/h4-5,8,12,19-20H,6-7,9-11H2,1-3H3. The van der Waals surface area contributed by atoms with E-state index in [-0.39, 0.29) is 0 Å². The van der Waals surface area contributed by atoms with Gasteiger partial charge in [-0.25, -0.2) is 0 Å². The van der Waals surface area contributed by atoms with E-state index in [1.807, 2.05) is 6.07 Å². The van der Waals surface area contributed by atoms with Crippen LogP contribution in [0.1, 0.15) is 12.0 Å². The van der Waals surface area contributed by atoms with E-state index in [0.717, 1.165) is 30.9 Å². The normalized spacial score (nSPS) is 19.2. The lowest BCUT2D eigenvalue weighted by molar-refractivity contribution is 0.267. The molecule has 5 nitrogen and oxygen atoms in total. The van der Waals surface area contributed by atoms with Gasteiger partial charge in [0.25, 0.3) is 0 Å². The first kappa shape index (κ1) is 16.3. The maximum atomic E-state index is 9.49. The summed E-state index contributed by atoms with van der Waals surface area (Å²) in [5.41, 5.74) is 1.45. The average molecular weight is 292 g/mol. The summed E-state index contributed by atoms with van der Waals surface area (Å²) < 4.78 is 5.23. The van der Waals surface area contributed by atoms with Crippen LogP contribution >= 0.6 is 0 Å². The molecule has 0 radical (unpaired) electrons. The molecule has 1 heterocycles. The van der Waals surface area contributed by atoms with Crippen LogP contribution in [-0.4, -0.2) is 67.8 Å². The Morgan fingerprint density at radius 3 is 2.76 bits per heavy atom. The van der Waals surface area contributed by atoms with E-state index in [0.29, 0.717) is 17.9 Å². The van der Waals surface area contributed by atoms with Gasteiger partial charge in [-0.2, -0.15) is 0 Å². The summed E-state index contributed by atoms with van der Waals surface area (Å²) in [6.45, 7) is 4.00. The predicted octanol–water partition coefficient (Wildman–Crippen LogP) is -0.241. The smallest absolute Gasteiger partial charge is 0.488 e. The second kappa shape index (κ2) is 7.27. The molecule has 1 fully saturated rings. The molecular formula is C15H25BN2O3. The zero-order valence-electron chi connectivity index (χ0n) is 13.1. The summed E-state index contributed by atoms with van der Waals surface area (Å²) >= 11 is 0. The summed E-state index contributed by atoms with van der Waals surface area (Å²) in [7, 11) is 4.40. The molecule has 1 atom stereocenters. The van der Waals surface area contributed by atoms with E-state index in [2.05, 4.69) is 23.9 Å². The number of nitrogens with zero attached hydrogens (tertiary/aromatic N) is 2. The van der Waals surface area contributed by atoms with Crippen LogP contribution in [0.5, 0.6) is 5.75 Å². The number of ether oxygens (including phenoxy) is 1. The van der Waals surface area contributed by atoms with Crippen molar-refractivity contribution in [1.29, 1.82) is 0 Å². The van der Waals surface area contributed by atoms with Gasteiger partial charge in [-0.3, -0.25) is 0 Å². The van der Waals surface area contributed by atoms with Gasteiger partial charge in [-0.15, -0.1) is 0 Å². The van der Waals surface area contributed by atoms with E-state index >= 15 is 0 Å². The average Bonchev–Trinajstić information content (AvgIpc) is 2.83. The SMILES string of the molecule is COc1ccc(B(O)O)c(CN(C)CC2CCN(C)C2)c1. The molecule has 0 saturated carbocycles. The van der Waals surface area contributed by atoms with E-state index in [9.17, 15) is 10.0 Å². The lowest BCUT2D eigenvalue weighted by Gasteiger charge is -2.22. The van der Waals surface area contributed by atoms with Crippen molar-refractivity contribution in [3.63, 3.8) is 0 Å². The van der Waals surface area contributed by atoms with Crippen LogP contribution in [0, 0.1) is 5.92 Å². The Kier molecular flexibility index (Phi) is 5.64. The minimum atomic E-state index is -1.45. The first-order valence-electron chi connectivity index (χ1n) is 7.39. The zero-order chi connectivity index (χ0) is 15.4. The molecule has 2 N–H and O–H groups in total. The predicted molar refractivity (Wildman–Crippen MR) is 84.8 cm³/mol. The first-order chi connectivity index (χ1) is 9.99. The second-order valence-corrected chi connectivity index (χ2v) is 6.05. The Morgan fingerprint density at radius 2 is 2.19 bits per heavy atom. The highest BCUT2D eigenvalue weighted by Crippen LogP contribution is 2.17. The summed E-state index contributed by atoms with van der Waals surface area (Å²) in [6, 6.07) is 5.35. The van der Waals surface area contributed by atoms with Gasteiger partial charge in [0.1, 0.15) is 5.75 Å². The van der Waals surface area contributed by atoms with Crippen LogP contribution < -0.4 is 10.2 Å². The van der Waals surface area contributed by atoms with Crippen LogP contribution in [0.25, 0.3) is 0 Å². The van der Waals surface area contributed by atoms with Gasteiger partial charge >= 0.3 is 7.12 Å². The summed E-state index contributed by atoms with van der Waals surface area (Å²) in [5, 5.41) is 19.0. The molecule has 1 saturated heterocycles. The van der Waals surface area contributed by atoms with Crippen molar-refractivity contribution in [3.8, 4) is 5.75 Å². The maximum Gasteiger partial charge on any atom is 0.488 e. The molecule has 2 rings (SSSR count). The lowest BCUT2D eigenvalue weighted by atomic mass is 9.77. The Hall–Kier alpha value is -1.08. The third-order valence-electron chi connectivity index (χ3n) is 4.13. The van der Waals surface area contributed by atoms with Gasteiger partial charge in [0.05, 0.1) is 7.11 Å². The Morgan fingerprint density at radius 1 is 1.43 bits per heavy atom. The van der Waals surface area contributed by atoms with Crippen LogP contribution in [0.3, 0.4) is 0 Å². The Balaban J connectivity index is 2.03. The second-order valence-electron chi connectivity index (χ2n) is 6.05. The van der Waals surface area contributed by atoms with E-state index in [1.54, 1.807) is 19.2 Å². The van der Waals surface area contributed by atoms with Gasteiger partial charge in [0.2, 0.25) is 0 Å². The molecule has 0 amide bonds. The van der Waals surface area contributed by atoms with Crippen molar-refractivity contribution in [2.24, 2.45) is 5.92 Å². The van der Waals surface area contributed by atoms with Crippen LogP contribution in [0.4, 0.5) is 0 Å². The Bertz CT molecular complexity index is 470. The molecule has 116 valence electrons. The summed E-state index contributed by atoms with van der Waals surface area (Å²) in [5.74, 6) is 1.43. The van der Waals surface area contributed by atoms with Crippen LogP contribution in [0.15, 0.2) is 18.2 Å². The van der Waals surface area contributed by atoms with Crippen molar-refractivity contribution in [3.05, 3.63) is 23.8 Å². The Labute approximate surface area is 127 Å². The van der Waals surface area contributed by atoms with Gasteiger partial charge in [0, 0.05) is 19.6 Å². The topological polar surface area (TPSA) is 56.2 Å². The number of hydrogen-bond donors (Lipinski definition) is 2. The van der Waals surface area contributed by atoms with Crippen molar-refractivity contribution in [2.75, 3.05) is 40.8 Å². The third-order valence-corrected chi connectivity index (χ3v) is 4.13. The molecule has 0 aromatic heterocycles. The molecule has 1 aliphatic rings. The van der Waals surface area contributed by atoms with Gasteiger partial charge < -0.3 is 24.6 Å². The fourth-order valence-corrected chi connectivity index (χ4v) is 3.07. The largest absolute Gasteiger partial charge is 0.497 e. The van der Waals surface area contributed by atoms with E-state index in [4.69, 9.17) is 4.74 Å². The van der Waals surface area contributed by atoms with Crippen molar-refractivity contribution in [2.45, 2.75) is 13.0 Å². The van der Waals surface area contributed by atoms with Gasteiger partial charge in [-0.05, 0) is 56.1 Å². The molecule has 1 aromatic rings. The highest BCUT2D eigenvalue weighted by Gasteiger charge is 2.22. The summed E-state index contributed by atoms with van der Waals surface area (Å²) in [4.78, 5) is 4.59. The molecule has 1 aromatic carbocycles. The molecular weight excluding hydrogens is 267 g/mol. The minimum Gasteiger partial charge on any atom is -0.497 e. The van der Waals surface area contributed by atoms with E-state index in [1.165, 1.54) is 6.42 Å².